The number of nitrogens with zero attached hydrogens (tertiary/aromatic N) is 3. The summed E-state index contributed by atoms with van der Waals surface area (Å²) in [5.41, 5.74) is 2.94. The summed E-state index contributed by atoms with van der Waals surface area (Å²) in [4.78, 5) is 25.2. The van der Waals surface area contributed by atoms with Gasteiger partial charge in [-0.3, -0.25) is 14.9 Å². The van der Waals surface area contributed by atoms with Crippen molar-refractivity contribution in [2.45, 2.75) is 12.6 Å². The standard InChI is InChI=1S/C22H19N3O3/c26-21(13-10-17-8-11-19(12-9-17)25(27)28)24-16-15-23-14-4-7-20(23)22(24)18-5-2-1-3-6-18/h1-14,22H,15-16H2/b13-10+. The van der Waals surface area contributed by atoms with Gasteiger partial charge in [0.15, 0.2) is 0 Å². The molecule has 0 saturated heterocycles. The van der Waals surface area contributed by atoms with Crippen molar-refractivity contribution < 1.29 is 9.72 Å². The van der Waals surface area contributed by atoms with E-state index in [1.807, 2.05) is 47.5 Å². The minimum Gasteiger partial charge on any atom is -0.348 e. The Labute approximate surface area is 162 Å². The second-order valence-corrected chi connectivity index (χ2v) is 6.65. The normalized spacial score (nSPS) is 16.1. The van der Waals surface area contributed by atoms with Crippen LogP contribution in [0.2, 0.25) is 0 Å². The molecule has 6 heteroatoms. The monoisotopic (exact) mass is 373 g/mol. The summed E-state index contributed by atoms with van der Waals surface area (Å²) < 4.78 is 2.18. The number of benzene rings is 2. The SMILES string of the molecule is O=C(/C=C/c1ccc([N+](=O)[O-])cc1)N1CCn2cccc2C1c1ccccc1. The van der Waals surface area contributed by atoms with E-state index in [-0.39, 0.29) is 17.6 Å². The van der Waals surface area contributed by atoms with Crippen molar-refractivity contribution in [3.63, 3.8) is 0 Å². The van der Waals surface area contributed by atoms with Crippen LogP contribution in [0.15, 0.2) is 79.0 Å². The van der Waals surface area contributed by atoms with E-state index in [0.717, 1.165) is 23.4 Å². The van der Waals surface area contributed by atoms with Gasteiger partial charge in [0.1, 0.15) is 0 Å². The van der Waals surface area contributed by atoms with Crippen LogP contribution in [0, 0.1) is 10.1 Å². The number of nitro groups is 1. The maximum Gasteiger partial charge on any atom is 0.269 e. The molecule has 140 valence electrons. The molecule has 1 aromatic heterocycles. The summed E-state index contributed by atoms with van der Waals surface area (Å²) in [6.07, 6.45) is 5.28. The van der Waals surface area contributed by atoms with E-state index >= 15 is 0 Å². The van der Waals surface area contributed by atoms with Crippen LogP contribution in [0.5, 0.6) is 0 Å². The van der Waals surface area contributed by atoms with Crippen LogP contribution in [0.3, 0.4) is 0 Å². The number of amides is 1. The Morgan fingerprint density at radius 2 is 1.75 bits per heavy atom. The Morgan fingerprint density at radius 1 is 1.00 bits per heavy atom. The number of nitro benzene ring substituents is 1. The molecule has 0 spiro atoms. The highest BCUT2D eigenvalue weighted by Crippen LogP contribution is 2.32. The van der Waals surface area contributed by atoms with Crippen molar-refractivity contribution in [1.29, 1.82) is 0 Å². The highest BCUT2D eigenvalue weighted by molar-refractivity contribution is 5.92. The van der Waals surface area contributed by atoms with E-state index in [1.165, 1.54) is 18.2 Å². The van der Waals surface area contributed by atoms with Gasteiger partial charge in [-0.2, -0.15) is 0 Å². The molecule has 1 aliphatic heterocycles. The average molecular weight is 373 g/mol. The van der Waals surface area contributed by atoms with Gasteiger partial charge in [0.25, 0.3) is 5.69 Å². The molecular weight excluding hydrogens is 354 g/mol. The summed E-state index contributed by atoms with van der Waals surface area (Å²) in [6, 6.07) is 20.1. The minimum atomic E-state index is -0.439. The smallest absolute Gasteiger partial charge is 0.269 e. The van der Waals surface area contributed by atoms with Crippen molar-refractivity contribution in [2.24, 2.45) is 0 Å². The third kappa shape index (κ3) is 3.44. The Kier molecular flexibility index (Phi) is 4.76. The van der Waals surface area contributed by atoms with E-state index in [4.69, 9.17) is 0 Å². The van der Waals surface area contributed by atoms with Crippen LogP contribution >= 0.6 is 0 Å². The first-order valence-corrected chi connectivity index (χ1v) is 9.06. The van der Waals surface area contributed by atoms with Gasteiger partial charge in [0.2, 0.25) is 5.91 Å². The van der Waals surface area contributed by atoms with Gasteiger partial charge < -0.3 is 9.47 Å². The number of non-ortho nitro benzene ring substituents is 1. The van der Waals surface area contributed by atoms with Crippen LogP contribution in [0.25, 0.3) is 6.08 Å². The van der Waals surface area contributed by atoms with E-state index in [2.05, 4.69) is 10.6 Å². The fourth-order valence-corrected chi connectivity index (χ4v) is 3.58. The zero-order valence-corrected chi connectivity index (χ0v) is 15.1. The highest BCUT2D eigenvalue weighted by Gasteiger charge is 2.30. The lowest BCUT2D eigenvalue weighted by Crippen LogP contribution is -2.41. The Bertz CT molecular complexity index is 1020. The maximum atomic E-state index is 13.0. The molecule has 1 aliphatic rings. The molecule has 0 radical (unpaired) electrons. The first-order valence-electron chi connectivity index (χ1n) is 9.06. The van der Waals surface area contributed by atoms with Crippen LogP contribution in [-0.2, 0) is 11.3 Å². The van der Waals surface area contributed by atoms with Crippen molar-refractivity contribution in [3.8, 4) is 0 Å². The lowest BCUT2D eigenvalue weighted by Gasteiger charge is -2.36. The second kappa shape index (κ2) is 7.52. The van der Waals surface area contributed by atoms with Gasteiger partial charge in [-0.1, -0.05) is 30.3 Å². The summed E-state index contributed by atoms with van der Waals surface area (Å²) in [6.45, 7) is 1.37. The predicted octanol–water partition coefficient (Wildman–Crippen LogP) is 4.04. The van der Waals surface area contributed by atoms with Crippen LogP contribution in [-0.4, -0.2) is 26.8 Å². The topological polar surface area (TPSA) is 68.4 Å². The second-order valence-electron chi connectivity index (χ2n) is 6.65. The molecule has 28 heavy (non-hydrogen) atoms. The molecule has 2 aromatic carbocycles. The van der Waals surface area contributed by atoms with E-state index in [1.54, 1.807) is 18.2 Å². The van der Waals surface area contributed by atoms with Gasteiger partial charge in [-0.05, 0) is 41.5 Å². The van der Waals surface area contributed by atoms with Gasteiger partial charge >= 0.3 is 0 Å². The lowest BCUT2D eigenvalue weighted by molar-refractivity contribution is -0.384. The Hall–Kier alpha value is -3.67. The molecule has 0 N–H and O–H groups in total. The van der Waals surface area contributed by atoms with Crippen LogP contribution in [0.4, 0.5) is 5.69 Å². The number of fused-ring (bicyclic) bond motifs is 1. The molecule has 4 rings (SSSR count). The molecule has 1 amide bonds. The molecule has 0 saturated carbocycles. The van der Waals surface area contributed by atoms with E-state index < -0.39 is 4.92 Å². The van der Waals surface area contributed by atoms with Crippen molar-refractivity contribution >= 4 is 17.7 Å². The third-order valence-electron chi connectivity index (χ3n) is 4.96. The van der Waals surface area contributed by atoms with Crippen LogP contribution in [0.1, 0.15) is 22.9 Å². The molecule has 1 atom stereocenters. The number of carbonyl (C=O) groups excluding carboxylic acids is 1. The fraction of sp³-hybridized carbons (Fsp3) is 0.136. The average Bonchev–Trinajstić information content (AvgIpc) is 3.21. The summed E-state index contributed by atoms with van der Waals surface area (Å²) >= 11 is 0. The minimum absolute atomic E-state index is 0.0319. The van der Waals surface area contributed by atoms with Crippen LogP contribution < -0.4 is 0 Å². The molecule has 6 nitrogen and oxygen atoms in total. The third-order valence-corrected chi connectivity index (χ3v) is 4.96. The fourth-order valence-electron chi connectivity index (χ4n) is 3.58. The first-order chi connectivity index (χ1) is 13.6. The zero-order valence-electron chi connectivity index (χ0n) is 15.1. The van der Waals surface area contributed by atoms with Crippen molar-refractivity contribution in [2.75, 3.05) is 6.54 Å². The molecular formula is C22H19N3O3. The van der Waals surface area contributed by atoms with Gasteiger partial charge in [0, 0.05) is 43.2 Å². The summed E-state index contributed by atoms with van der Waals surface area (Å²) in [5, 5.41) is 10.8. The first kappa shape index (κ1) is 17.7. The number of aromatic nitrogens is 1. The predicted molar refractivity (Wildman–Crippen MR) is 107 cm³/mol. The van der Waals surface area contributed by atoms with Gasteiger partial charge in [0.05, 0.1) is 11.0 Å². The molecule has 0 aliphatic carbocycles. The zero-order chi connectivity index (χ0) is 19.5. The summed E-state index contributed by atoms with van der Waals surface area (Å²) in [5.74, 6) is -0.0837. The quantitative estimate of drug-likeness (QED) is 0.394. The molecule has 1 unspecified atom stereocenters. The van der Waals surface area contributed by atoms with E-state index in [0.29, 0.717) is 6.54 Å². The Balaban J connectivity index is 1.59. The largest absolute Gasteiger partial charge is 0.348 e. The number of hydrogen-bond donors (Lipinski definition) is 0. The summed E-state index contributed by atoms with van der Waals surface area (Å²) in [7, 11) is 0. The number of carbonyl (C=O) groups is 1. The van der Waals surface area contributed by atoms with Gasteiger partial charge in [-0.15, -0.1) is 0 Å². The molecule has 2 heterocycles. The van der Waals surface area contributed by atoms with Crippen molar-refractivity contribution in [3.05, 3.63) is 106 Å². The highest BCUT2D eigenvalue weighted by atomic mass is 16.6. The van der Waals surface area contributed by atoms with E-state index in [9.17, 15) is 14.9 Å². The van der Waals surface area contributed by atoms with Gasteiger partial charge in [-0.25, -0.2) is 0 Å². The van der Waals surface area contributed by atoms with Crippen molar-refractivity contribution in [1.82, 2.24) is 9.47 Å². The number of hydrogen-bond acceptors (Lipinski definition) is 3. The Morgan fingerprint density at radius 3 is 2.46 bits per heavy atom. The maximum absolute atomic E-state index is 13.0. The number of rotatable bonds is 4. The molecule has 0 bridgehead atoms. The lowest BCUT2D eigenvalue weighted by atomic mass is 10.00. The molecule has 3 aromatic rings. The molecule has 0 fully saturated rings.